The molecule has 0 saturated heterocycles. The maximum atomic E-state index is 12.1. The number of benzene rings is 2. The summed E-state index contributed by atoms with van der Waals surface area (Å²) in [6.07, 6.45) is 1.67. The highest BCUT2D eigenvalue weighted by Crippen LogP contribution is 2.18. The van der Waals surface area contributed by atoms with Crippen LogP contribution >= 0.6 is 0 Å². The van der Waals surface area contributed by atoms with E-state index in [9.17, 15) is 4.79 Å². The number of carbonyl (C=O) groups excluding carboxylic acids is 1. The first kappa shape index (κ1) is 19.1. The second kappa shape index (κ2) is 9.93. The van der Waals surface area contributed by atoms with Crippen molar-refractivity contribution in [1.29, 1.82) is 0 Å². The Balaban J connectivity index is 1.81. The normalized spacial score (nSPS) is 9.88. The number of rotatable bonds is 10. The number of ether oxygens (including phenoxy) is 2. The summed E-state index contributed by atoms with van der Waals surface area (Å²) in [7, 11) is 0. The van der Waals surface area contributed by atoms with E-state index in [2.05, 4.69) is 23.8 Å². The fourth-order valence-corrected chi connectivity index (χ4v) is 2.08. The first-order valence-electron chi connectivity index (χ1n) is 8.31. The van der Waals surface area contributed by atoms with Gasteiger partial charge >= 0.3 is 0 Å². The predicted molar refractivity (Wildman–Crippen MR) is 106 cm³/mol. The van der Waals surface area contributed by atoms with Crippen LogP contribution in [0.4, 0.5) is 11.4 Å². The van der Waals surface area contributed by atoms with Gasteiger partial charge in [0.1, 0.15) is 24.7 Å². The maximum Gasteiger partial charge on any atom is 0.243 e. The molecule has 1 amide bonds. The number of hydrogen-bond donors (Lipinski definition) is 2. The first-order chi connectivity index (χ1) is 12.6. The molecule has 0 spiro atoms. The van der Waals surface area contributed by atoms with E-state index in [4.69, 9.17) is 9.47 Å². The summed E-state index contributed by atoms with van der Waals surface area (Å²) in [5.41, 5.74) is 2.48. The van der Waals surface area contributed by atoms with Gasteiger partial charge in [0.05, 0.1) is 6.54 Å². The molecular weight excluding hydrogens is 328 g/mol. The zero-order valence-electron chi connectivity index (χ0n) is 15.0. The van der Waals surface area contributed by atoms with Crippen LogP contribution < -0.4 is 20.1 Å². The Hall–Kier alpha value is -3.21. The molecule has 0 aliphatic rings. The Kier molecular flexibility index (Phi) is 7.31. The second-order valence-electron chi connectivity index (χ2n) is 5.80. The van der Waals surface area contributed by atoms with E-state index in [1.54, 1.807) is 12.1 Å². The molecule has 0 fully saturated rings. The van der Waals surface area contributed by atoms with Crippen molar-refractivity contribution in [2.45, 2.75) is 6.92 Å². The minimum absolute atomic E-state index is 0.145. The van der Waals surface area contributed by atoms with Crippen LogP contribution in [0.3, 0.4) is 0 Å². The number of anilines is 2. The topological polar surface area (TPSA) is 59.6 Å². The van der Waals surface area contributed by atoms with Gasteiger partial charge in [-0.1, -0.05) is 25.3 Å². The van der Waals surface area contributed by atoms with Crippen LogP contribution in [0.25, 0.3) is 0 Å². The van der Waals surface area contributed by atoms with Gasteiger partial charge in [-0.05, 0) is 48.9 Å². The molecule has 0 aromatic heterocycles. The monoisotopic (exact) mass is 352 g/mol. The van der Waals surface area contributed by atoms with Gasteiger partial charge in [-0.3, -0.25) is 4.79 Å². The van der Waals surface area contributed by atoms with Crippen LogP contribution in [-0.4, -0.2) is 25.7 Å². The molecule has 5 nitrogen and oxygen atoms in total. The zero-order chi connectivity index (χ0) is 18.8. The molecule has 0 saturated carbocycles. The molecule has 0 aliphatic carbocycles. The zero-order valence-corrected chi connectivity index (χ0v) is 15.0. The van der Waals surface area contributed by atoms with Crippen LogP contribution in [0, 0.1) is 0 Å². The van der Waals surface area contributed by atoms with E-state index in [1.165, 1.54) is 0 Å². The van der Waals surface area contributed by atoms with Gasteiger partial charge < -0.3 is 20.1 Å². The van der Waals surface area contributed by atoms with Crippen molar-refractivity contribution < 1.29 is 14.3 Å². The van der Waals surface area contributed by atoms with E-state index in [0.29, 0.717) is 24.7 Å². The summed E-state index contributed by atoms with van der Waals surface area (Å²) < 4.78 is 11.0. The second-order valence-corrected chi connectivity index (χ2v) is 5.80. The van der Waals surface area contributed by atoms with E-state index >= 15 is 0 Å². The molecule has 2 aromatic carbocycles. The van der Waals surface area contributed by atoms with Gasteiger partial charge in [0.25, 0.3) is 0 Å². The summed E-state index contributed by atoms with van der Waals surface area (Å²) in [6.45, 7) is 10.4. The van der Waals surface area contributed by atoms with Gasteiger partial charge in [0.2, 0.25) is 5.91 Å². The molecule has 2 N–H and O–H groups in total. The molecule has 0 radical (unpaired) electrons. The lowest BCUT2D eigenvalue weighted by atomic mass is 10.3. The Morgan fingerprint density at radius 1 is 1.08 bits per heavy atom. The lowest BCUT2D eigenvalue weighted by Gasteiger charge is -2.10. The van der Waals surface area contributed by atoms with Crippen LogP contribution in [-0.2, 0) is 4.79 Å². The van der Waals surface area contributed by atoms with Gasteiger partial charge in [0, 0.05) is 17.4 Å². The molecule has 0 heterocycles. The van der Waals surface area contributed by atoms with Crippen molar-refractivity contribution in [1.82, 2.24) is 0 Å². The Labute approximate surface area is 154 Å². The number of carbonyl (C=O) groups is 1. The summed E-state index contributed by atoms with van der Waals surface area (Å²) in [6, 6.07) is 14.7. The van der Waals surface area contributed by atoms with Crippen LogP contribution in [0.1, 0.15) is 6.92 Å². The molecule has 5 heteroatoms. The molecule has 0 aliphatic heterocycles. The largest absolute Gasteiger partial charge is 0.489 e. The van der Waals surface area contributed by atoms with Crippen molar-refractivity contribution in [3.05, 3.63) is 73.3 Å². The third-order valence-corrected chi connectivity index (χ3v) is 3.28. The lowest BCUT2D eigenvalue weighted by molar-refractivity contribution is -0.114. The van der Waals surface area contributed by atoms with E-state index in [1.807, 2.05) is 49.4 Å². The number of amides is 1. The lowest BCUT2D eigenvalue weighted by Crippen LogP contribution is -2.21. The maximum absolute atomic E-state index is 12.1. The average molecular weight is 352 g/mol. The summed E-state index contributed by atoms with van der Waals surface area (Å²) >= 11 is 0. The van der Waals surface area contributed by atoms with Crippen LogP contribution in [0.15, 0.2) is 73.3 Å². The van der Waals surface area contributed by atoms with Crippen LogP contribution in [0.2, 0.25) is 0 Å². The van der Waals surface area contributed by atoms with Gasteiger partial charge in [-0.2, -0.15) is 0 Å². The number of nitrogens with one attached hydrogen (secondary N) is 2. The smallest absolute Gasteiger partial charge is 0.243 e. The molecule has 26 heavy (non-hydrogen) atoms. The highest BCUT2D eigenvalue weighted by atomic mass is 16.5. The Bertz CT molecular complexity index is 754. The van der Waals surface area contributed by atoms with Crippen molar-refractivity contribution in [3.63, 3.8) is 0 Å². The predicted octanol–water partition coefficient (Wildman–Crippen LogP) is 4.26. The van der Waals surface area contributed by atoms with Crippen molar-refractivity contribution in [3.8, 4) is 11.5 Å². The Morgan fingerprint density at radius 3 is 2.54 bits per heavy atom. The average Bonchev–Trinajstić information content (AvgIpc) is 2.64. The third-order valence-electron chi connectivity index (χ3n) is 3.28. The van der Waals surface area contributed by atoms with Gasteiger partial charge in [-0.25, -0.2) is 0 Å². The quantitative estimate of drug-likeness (QED) is 0.627. The molecule has 0 bridgehead atoms. The van der Waals surface area contributed by atoms with E-state index in [0.717, 1.165) is 17.0 Å². The summed E-state index contributed by atoms with van der Waals surface area (Å²) in [4.78, 5) is 12.1. The fourth-order valence-electron chi connectivity index (χ4n) is 2.08. The highest BCUT2D eigenvalue weighted by Gasteiger charge is 2.04. The van der Waals surface area contributed by atoms with Crippen molar-refractivity contribution in [2.75, 3.05) is 30.4 Å². The van der Waals surface area contributed by atoms with Crippen molar-refractivity contribution in [2.24, 2.45) is 0 Å². The third kappa shape index (κ3) is 6.73. The van der Waals surface area contributed by atoms with E-state index < -0.39 is 0 Å². The minimum Gasteiger partial charge on any atom is -0.489 e. The highest BCUT2D eigenvalue weighted by molar-refractivity contribution is 5.93. The van der Waals surface area contributed by atoms with Crippen LogP contribution in [0.5, 0.6) is 11.5 Å². The number of hydrogen-bond acceptors (Lipinski definition) is 4. The molecular formula is C21H24N2O3. The standard InChI is InChI=1S/C21H24N2O3/c1-4-12-25-20-7-5-6-18(13-20)23-21(24)14-22-17-8-10-19(11-9-17)26-15-16(2)3/h4-11,13,22H,1-2,12,14-15H2,3H3,(H,23,24). The molecule has 2 rings (SSSR count). The molecule has 2 aromatic rings. The Morgan fingerprint density at radius 2 is 1.85 bits per heavy atom. The van der Waals surface area contributed by atoms with E-state index in [-0.39, 0.29) is 12.5 Å². The van der Waals surface area contributed by atoms with Gasteiger partial charge in [-0.15, -0.1) is 0 Å². The first-order valence-corrected chi connectivity index (χ1v) is 8.31. The van der Waals surface area contributed by atoms with Crippen molar-refractivity contribution >= 4 is 17.3 Å². The summed E-state index contributed by atoms with van der Waals surface area (Å²) in [5.74, 6) is 1.30. The minimum atomic E-state index is -0.145. The van der Waals surface area contributed by atoms with Gasteiger partial charge in [0.15, 0.2) is 0 Å². The molecule has 0 unspecified atom stereocenters. The SMILES string of the molecule is C=CCOc1cccc(NC(=O)CNc2ccc(OCC(=C)C)cc2)c1. The molecule has 0 atom stereocenters. The fraction of sp³-hybridized carbons (Fsp3) is 0.190. The summed E-state index contributed by atoms with van der Waals surface area (Å²) in [5, 5.41) is 5.91. The molecule has 136 valence electrons.